The number of rotatable bonds is 6. The van der Waals surface area contributed by atoms with E-state index in [4.69, 9.17) is 32.9 Å². The highest BCUT2D eigenvalue weighted by molar-refractivity contribution is 6.32. The zero-order valence-corrected chi connectivity index (χ0v) is 19.7. The van der Waals surface area contributed by atoms with E-state index in [9.17, 15) is 4.79 Å². The number of hydrogen-bond acceptors (Lipinski definition) is 6. The van der Waals surface area contributed by atoms with Gasteiger partial charge in [-0.15, -0.1) is 0 Å². The first kappa shape index (κ1) is 21.9. The number of carbonyl (C=O) groups excluding carboxylic acids is 1. The summed E-state index contributed by atoms with van der Waals surface area (Å²) < 4.78 is 7.86. The zero-order chi connectivity index (χ0) is 23.1. The van der Waals surface area contributed by atoms with Crippen molar-refractivity contribution in [1.29, 1.82) is 0 Å². The number of fused-ring (bicyclic) bond motifs is 2. The van der Waals surface area contributed by atoms with Gasteiger partial charge in [0.05, 0.1) is 24.3 Å². The molecule has 0 aliphatic carbocycles. The molecule has 0 saturated heterocycles. The lowest BCUT2D eigenvalue weighted by atomic mass is 9.90. The lowest BCUT2D eigenvalue weighted by Crippen LogP contribution is -2.28. The van der Waals surface area contributed by atoms with E-state index in [1.807, 2.05) is 37.0 Å². The van der Waals surface area contributed by atoms with Crippen LogP contribution < -0.4 is 4.74 Å². The van der Waals surface area contributed by atoms with Gasteiger partial charge < -0.3 is 14.2 Å². The number of likely N-dealkylation sites (N-methyl/N-ethyl adjacent to an activating group) is 1. The highest BCUT2D eigenvalue weighted by Gasteiger charge is 2.30. The minimum Gasteiger partial charge on any atom is -0.493 e. The Bertz CT molecular complexity index is 1350. The lowest BCUT2D eigenvalue weighted by molar-refractivity contribution is 0.0856. The van der Waals surface area contributed by atoms with Crippen molar-refractivity contribution >= 4 is 40.0 Å². The Balaban J connectivity index is 1.53. The SMILES string of the molecule is CN(C)CCn1cc(C(=O)C2COc3ccc(Cl)cc3C2)c2cnc(-c3cn[nH]c3Cl)nc21. The lowest BCUT2D eigenvalue weighted by Gasteiger charge is -2.24. The highest BCUT2D eigenvalue weighted by Crippen LogP contribution is 2.33. The molecular formula is C23H22Cl2N6O2. The summed E-state index contributed by atoms with van der Waals surface area (Å²) >= 11 is 12.3. The maximum atomic E-state index is 13.6. The molecule has 170 valence electrons. The van der Waals surface area contributed by atoms with Gasteiger partial charge in [0.2, 0.25) is 0 Å². The average Bonchev–Trinajstić information content (AvgIpc) is 3.39. The van der Waals surface area contributed by atoms with Crippen molar-refractivity contribution in [3.8, 4) is 17.1 Å². The molecule has 5 rings (SSSR count). The summed E-state index contributed by atoms with van der Waals surface area (Å²) in [7, 11) is 4.01. The van der Waals surface area contributed by atoms with E-state index in [-0.39, 0.29) is 11.7 Å². The Morgan fingerprint density at radius 1 is 1.30 bits per heavy atom. The molecule has 0 bridgehead atoms. The Morgan fingerprint density at radius 3 is 2.91 bits per heavy atom. The second kappa shape index (κ2) is 8.78. The number of aromatic amines is 1. The van der Waals surface area contributed by atoms with Crippen molar-refractivity contribution in [1.82, 2.24) is 29.6 Å². The van der Waals surface area contributed by atoms with Crippen LogP contribution in [0.1, 0.15) is 15.9 Å². The summed E-state index contributed by atoms with van der Waals surface area (Å²) in [5, 5.41) is 8.35. The Morgan fingerprint density at radius 2 is 2.15 bits per heavy atom. The molecule has 1 aliphatic rings. The molecule has 4 heterocycles. The predicted octanol–water partition coefficient (Wildman–Crippen LogP) is 4.12. The molecule has 0 fully saturated rings. The molecule has 0 amide bonds. The van der Waals surface area contributed by atoms with Crippen LogP contribution in [-0.4, -0.2) is 62.7 Å². The molecule has 1 atom stereocenters. The van der Waals surface area contributed by atoms with E-state index < -0.39 is 0 Å². The first-order chi connectivity index (χ1) is 15.9. The van der Waals surface area contributed by atoms with Crippen molar-refractivity contribution in [3.63, 3.8) is 0 Å². The molecule has 0 spiro atoms. The molecule has 1 aliphatic heterocycles. The number of benzene rings is 1. The summed E-state index contributed by atoms with van der Waals surface area (Å²) in [5.74, 6) is 0.926. The number of carbonyl (C=O) groups is 1. The number of H-pyrrole nitrogens is 1. The number of aromatic nitrogens is 5. The third-order valence-electron chi connectivity index (χ3n) is 5.80. The third-order valence-corrected chi connectivity index (χ3v) is 6.33. The molecular weight excluding hydrogens is 463 g/mol. The van der Waals surface area contributed by atoms with Gasteiger partial charge in [-0.05, 0) is 44.3 Å². The molecule has 10 heteroatoms. The monoisotopic (exact) mass is 484 g/mol. The fourth-order valence-corrected chi connectivity index (χ4v) is 4.43. The van der Waals surface area contributed by atoms with E-state index in [0.29, 0.717) is 57.7 Å². The molecule has 1 aromatic carbocycles. The van der Waals surface area contributed by atoms with E-state index in [2.05, 4.69) is 20.1 Å². The quantitative estimate of drug-likeness (QED) is 0.414. The van der Waals surface area contributed by atoms with E-state index in [1.54, 1.807) is 18.5 Å². The minimum atomic E-state index is -0.313. The second-order valence-corrected chi connectivity index (χ2v) is 9.21. The van der Waals surface area contributed by atoms with Crippen LogP contribution in [0.5, 0.6) is 5.75 Å². The van der Waals surface area contributed by atoms with E-state index >= 15 is 0 Å². The fourth-order valence-electron chi connectivity index (χ4n) is 4.05. The number of halogens is 2. The summed E-state index contributed by atoms with van der Waals surface area (Å²) in [4.78, 5) is 24.9. The van der Waals surface area contributed by atoms with Gasteiger partial charge in [0.15, 0.2) is 11.6 Å². The van der Waals surface area contributed by atoms with Crippen molar-refractivity contribution in [2.45, 2.75) is 13.0 Å². The molecule has 4 aromatic rings. The highest BCUT2D eigenvalue weighted by atomic mass is 35.5. The smallest absolute Gasteiger partial charge is 0.171 e. The Labute approximate surface area is 200 Å². The average molecular weight is 485 g/mol. The molecule has 33 heavy (non-hydrogen) atoms. The number of nitrogens with zero attached hydrogens (tertiary/aromatic N) is 5. The fraction of sp³-hybridized carbons (Fsp3) is 0.304. The Kier molecular flexibility index (Phi) is 5.82. The first-order valence-corrected chi connectivity index (χ1v) is 11.3. The second-order valence-electron chi connectivity index (χ2n) is 8.40. The summed E-state index contributed by atoms with van der Waals surface area (Å²) in [6, 6.07) is 5.50. The van der Waals surface area contributed by atoms with Gasteiger partial charge in [-0.25, -0.2) is 9.97 Å². The van der Waals surface area contributed by atoms with Gasteiger partial charge in [-0.3, -0.25) is 9.89 Å². The van der Waals surface area contributed by atoms with Crippen LogP contribution in [0.3, 0.4) is 0 Å². The zero-order valence-electron chi connectivity index (χ0n) is 18.2. The third kappa shape index (κ3) is 4.21. The van der Waals surface area contributed by atoms with Crippen molar-refractivity contribution in [2.75, 3.05) is 27.2 Å². The van der Waals surface area contributed by atoms with Crippen molar-refractivity contribution in [2.24, 2.45) is 5.92 Å². The molecule has 0 radical (unpaired) electrons. The van der Waals surface area contributed by atoms with Gasteiger partial charge in [-0.2, -0.15) is 5.10 Å². The van der Waals surface area contributed by atoms with Gasteiger partial charge >= 0.3 is 0 Å². The summed E-state index contributed by atoms with van der Waals surface area (Å²) in [5.41, 5.74) is 2.83. The largest absolute Gasteiger partial charge is 0.493 e. The first-order valence-electron chi connectivity index (χ1n) is 10.6. The molecule has 1 N–H and O–H groups in total. The van der Waals surface area contributed by atoms with Crippen LogP contribution in [0, 0.1) is 5.92 Å². The van der Waals surface area contributed by atoms with Crippen LogP contribution >= 0.6 is 23.2 Å². The van der Waals surface area contributed by atoms with E-state index in [1.165, 1.54) is 0 Å². The maximum absolute atomic E-state index is 13.6. The van der Waals surface area contributed by atoms with Gasteiger partial charge in [0.25, 0.3) is 0 Å². The predicted molar refractivity (Wildman–Crippen MR) is 127 cm³/mol. The van der Waals surface area contributed by atoms with Gasteiger partial charge in [-0.1, -0.05) is 23.2 Å². The van der Waals surface area contributed by atoms with Crippen LogP contribution in [-0.2, 0) is 13.0 Å². The van der Waals surface area contributed by atoms with Crippen LogP contribution in [0.15, 0.2) is 36.8 Å². The molecule has 3 aromatic heterocycles. The number of hydrogen-bond donors (Lipinski definition) is 1. The number of ketones is 1. The normalized spacial score (nSPS) is 15.6. The number of Topliss-reactive ketones (excluding diaryl/α,β-unsaturated/α-hetero) is 1. The number of nitrogens with one attached hydrogen (secondary N) is 1. The molecule has 0 saturated carbocycles. The topological polar surface area (TPSA) is 88.9 Å². The van der Waals surface area contributed by atoms with E-state index in [0.717, 1.165) is 17.9 Å². The molecule has 1 unspecified atom stereocenters. The van der Waals surface area contributed by atoms with Gasteiger partial charge in [0.1, 0.15) is 16.5 Å². The van der Waals surface area contributed by atoms with Crippen molar-refractivity contribution < 1.29 is 9.53 Å². The maximum Gasteiger partial charge on any atom is 0.171 e. The van der Waals surface area contributed by atoms with Crippen molar-refractivity contribution in [3.05, 3.63) is 58.1 Å². The van der Waals surface area contributed by atoms with Crippen LogP contribution in [0.25, 0.3) is 22.4 Å². The van der Waals surface area contributed by atoms with Crippen LogP contribution in [0.2, 0.25) is 10.2 Å². The Hall–Kier alpha value is -2.94. The molecule has 8 nitrogen and oxygen atoms in total. The summed E-state index contributed by atoms with van der Waals surface area (Å²) in [6.07, 6.45) is 5.72. The number of ether oxygens (including phenoxy) is 1. The van der Waals surface area contributed by atoms with Gasteiger partial charge in [0, 0.05) is 41.5 Å². The minimum absolute atomic E-state index is 0.00641. The van der Waals surface area contributed by atoms with Crippen LogP contribution in [0.4, 0.5) is 0 Å². The summed E-state index contributed by atoms with van der Waals surface area (Å²) in [6.45, 7) is 1.79. The standard InChI is InChI=1S/C23H22Cl2N6O2/c1-30(2)5-6-31-11-18(16-9-26-22(28-23(16)31)17-10-27-29-21(17)25)20(32)14-7-13-8-15(24)3-4-19(13)33-12-14/h3-4,8-11,14H,5-7,12H2,1-2H3,(H,27,29).